The Morgan fingerprint density at radius 1 is 1.23 bits per heavy atom. The van der Waals surface area contributed by atoms with E-state index in [1.807, 2.05) is 20.8 Å². The number of nitro benzene ring substituents is 1. The maximum Gasteiger partial charge on any atom is 0.269 e. The first-order valence-corrected chi connectivity index (χ1v) is 6.69. The predicted octanol–water partition coefficient (Wildman–Crippen LogP) is 1.64. The standard InChI is InChI=1S/C15H19N3O4/c1-15(2,3)17-14(20)10-16-13(19)9-6-11-4-7-12(8-5-11)18(21)22/h4-9H,10H2,1-3H3,(H,16,19)(H,17,20)/b9-6+. The van der Waals surface area contributed by atoms with Crippen LogP contribution >= 0.6 is 0 Å². The first kappa shape index (κ1) is 17.4. The van der Waals surface area contributed by atoms with Crippen LogP contribution in [-0.4, -0.2) is 28.8 Å². The smallest absolute Gasteiger partial charge is 0.269 e. The van der Waals surface area contributed by atoms with E-state index in [1.54, 1.807) is 0 Å². The van der Waals surface area contributed by atoms with Crippen LogP contribution in [0.3, 0.4) is 0 Å². The molecule has 2 N–H and O–H groups in total. The largest absolute Gasteiger partial charge is 0.350 e. The molecule has 0 aliphatic heterocycles. The minimum atomic E-state index is -0.492. The number of benzene rings is 1. The third-order valence-electron chi connectivity index (χ3n) is 2.47. The fourth-order valence-electron chi connectivity index (χ4n) is 1.57. The number of hydrogen-bond donors (Lipinski definition) is 2. The second kappa shape index (κ2) is 7.35. The van der Waals surface area contributed by atoms with Crippen molar-refractivity contribution in [2.75, 3.05) is 6.54 Å². The summed E-state index contributed by atoms with van der Waals surface area (Å²) in [4.78, 5) is 33.1. The quantitative estimate of drug-likeness (QED) is 0.490. The van der Waals surface area contributed by atoms with Crippen LogP contribution in [0.4, 0.5) is 5.69 Å². The van der Waals surface area contributed by atoms with Crippen LogP contribution in [-0.2, 0) is 9.59 Å². The summed E-state index contributed by atoms with van der Waals surface area (Å²) >= 11 is 0. The molecule has 0 radical (unpaired) electrons. The third-order valence-corrected chi connectivity index (χ3v) is 2.47. The lowest BCUT2D eigenvalue weighted by Gasteiger charge is -2.20. The Labute approximate surface area is 128 Å². The Hall–Kier alpha value is -2.70. The third kappa shape index (κ3) is 6.65. The average molecular weight is 305 g/mol. The minimum absolute atomic E-state index is 0.0135. The second-order valence-electron chi connectivity index (χ2n) is 5.70. The van der Waals surface area contributed by atoms with Crippen molar-refractivity contribution in [1.29, 1.82) is 0 Å². The van der Waals surface area contributed by atoms with Gasteiger partial charge in [0, 0.05) is 23.7 Å². The Bertz CT molecular complexity index is 586. The molecule has 0 saturated heterocycles. The summed E-state index contributed by atoms with van der Waals surface area (Å²) < 4.78 is 0. The number of carbonyl (C=O) groups excluding carboxylic acids is 2. The highest BCUT2D eigenvalue weighted by atomic mass is 16.6. The molecule has 0 unspecified atom stereocenters. The number of nitrogens with zero attached hydrogens (tertiary/aromatic N) is 1. The van der Waals surface area contributed by atoms with Crippen LogP contribution in [0.5, 0.6) is 0 Å². The molecule has 1 rings (SSSR count). The van der Waals surface area contributed by atoms with Gasteiger partial charge in [-0.15, -0.1) is 0 Å². The van der Waals surface area contributed by atoms with E-state index in [1.165, 1.54) is 36.4 Å². The molecule has 1 aromatic carbocycles. The van der Waals surface area contributed by atoms with E-state index in [9.17, 15) is 19.7 Å². The monoisotopic (exact) mass is 305 g/mol. The summed E-state index contributed by atoms with van der Waals surface area (Å²) in [5, 5.41) is 15.7. The van der Waals surface area contributed by atoms with Gasteiger partial charge >= 0.3 is 0 Å². The van der Waals surface area contributed by atoms with E-state index in [0.717, 1.165) is 0 Å². The normalized spacial score (nSPS) is 11.2. The minimum Gasteiger partial charge on any atom is -0.350 e. The molecule has 0 fully saturated rings. The number of hydrogen-bond acceptors (Lipinski definition) is 4. The van der Waals surface area contributed by atoms with Gasteiger partial charge in [0.2, 0.25) is 11.8 Å². The van der Waals surface area contributed by atoms with Gasteiger partial charge in [0.25, 0.3) is 5.69 Å². The zero-order valence-electron chi connectivity index (χ0n) is 12.8. The number of nitro groups is 1. The van der Waals surface area contributed by atoms with E-state index >= 15 is 0 Å². The first-order valence-electron chi connectivity index (χ1n) is 6.69. The highest BCUT2D eigenvalue weighted by Crippen LogP contribution is 2.12. The van der Waals surface area contributed by atoms with Gasteiger partial charge < -0.3 is 10.6 Å². The van der Waals surface area contributed by atoms with E-state index < -0.39 is 10.8 Å². The molecular weight excluding hydrogens is 286 g/mol. The van der Waals surface area contributed by atoms with Crippen LogP contribution in [0.15, 0.2) is 30.3 Å². The van der Waals surface area contributed by atoms with Crippen molar-refractivity contribution in [1.82, 2.24) is 10.6 Å². The topological polar surface area (TPSA) is 101 Å². The lowest BCUT2D eigenvalue weighted by Crippen LogP contribution is -2.45. The van der Waals surface area contributed by atoms with Crippen molar-refractivity contribution in [3.05, 3.63) is 46.0 Å². The van der Waals surface area contributed by atoms with Crippen LogP contribution in [0, 0.1) is 10.1 Å². The summed E-state index contributed by atoms with van der Waals surface area (Å²) in [6.45, 7) is 5.43. The molecule has 7 heteroatoms. The molecule has 0 aliphatic carbocycles. The van der Waals surface area contributed by atoms with E-state index in [-0.39, 0.29) is 23.7 Å². The molecule has 0 saturated carbocycles. The zero-order valence-corrected chi connectivity index (χ0v) is 12.8. The molecule has 1 aromatic rings. The molecule has 118 valence electrons. The number of amides is 2. The Kier molecular flexibility index (Phi) is 5.80. The van der Waals surface area contributed by atoms with Gasteiger partial charge in [0.1, 0.15) is 0 Å². The number of nitrogens with one attached hydrogen (secondary N) is 2. The van der Waals surface area contributed by atoms with Gasteiger partial charge in [-0.1, -0.05) is 0 Å². The van der Waals surface area contributed by atoms with Crippen molar-refractivity contribution >= 4 is 23.6 Å². The number of non-ortho nitro benzene ring substituents is 1. The van der Waals surface area contributed by atoms with E-state index in [0.29, 0.717) is 5.56 Å². The molecule has 0 aromatic heterocycles. The lowest BCUT2D eigenvalue weighted by atomic mass is 10.1. The SMILES string of the molecule is CC(C)(C)NC(=O)CNC(=O)/C=C/c1ccc([N+](=O)[O-])cc1. The lowest BCUT2D eigenvalue weighted by molar-refractivity contribution is -0.384. The van der Waals surface area contributed by atoms with Gasteiger partial charge in [-0.05, 0) is 44.5 Å². The van der Waals surface area contributed by atoms with Gasteiger partial charge in [-0.3, -0.25) is 19.7 Å². The van der Waals surface area contributed by atoms with Crippen molar-refractivity contribution in [3.8, 4) is 0 Å². The van der Waals surface area contributed by atoms with Crippen molar-refractivity contribution in [3.63, 3.8) is 0 Å². The van der Waals surface area contributed by atoms with Gasteiger partial charge in [0.15, 0.2) is 0 Å². The van der Waals surface area contributed by atoms with E-state index in [4.69, 9.17) is 0 Å². The first-order chi connectivity index (χ1) is 10.2. The van der Waals surface area contributed by atoms with Crippen LogP contribution in [0.25, 0.3) is 6.08 Å². The zero-order chi connectivity index (χ0) is 16.8. The molecule has 0 spiro atoms. The molecule has 0 aliphatic rings. The van der Waals surface area contributed by atoms with Crippen molar-refractivity contribution in [2.24, 2.45) is 0 Å². The van der Waals surface area contributed by atoms with Crippen molar-refractivity contribution in [2.45, 2.75) is 26.3 Å². The summed E-state index contributed by atoms with van der Waals surface area (Å²) in [6.07, 6.45) is 2.78. The predicted molar refractivity (Wildman–Crippen MR) is 83.0 cm³/mol. The average Bonchev–Trinajstić information content (AvgIpc) is 2.41. The fraction of sp³-hybridized carbons (Fsp3) is 0.333. The van der Waals surface area contributed by atoms with Crippen LogP contribution in [0.1, 0.15) is 26.3 Å². The second-order valence-corrected chi connectivity index (χ2v) is 5.70. The fourth-order valence-corrected chi connectivity index (χ4v) is 1.57. The van der Waals surface area contributed by atoms with Crippen LogP contribution < -0.4 is 10.6 Å². The highest BCUT2D eigenvalue weighted by Gasteiger charge is 2.13. The maximum atomic E-state index is 11.6. The van der Waals surface area contributed by atoms with Gasteiger partial charge in [-0.25, -0.2) is 0 Å². The van der Waals surface area contributed by atoms with Gasteiger partial charge in [-0.2, -0.15) is 0 Å². The van der Waals surface area contributed by atoms with Crippen LogP contribution in [0.2, 0.25) is 0 Å². The van der Waals surface area contributed by atoms with E-state index in [2.05, 4.69) is 10.6 Å². The van der Waals surface area contributed by atoms with Gasteiger partial charge in [0.05, 0.1) is 11.5 Å². The maximum absolute atomic E-state index is 11.6. The Morgan fingerprint density at radius 2 is 1.82 bits per heavy atom. The molecule has 0 bridgehead atoms. The summed E-state index contributed by atoms with van der Waals surface area (Å²) in [5.74, 6) is -0.688. The molecular formula is C15H19N3O4. The number of carbonyl (C=O) groups is 2. The molecule has 2 amide bonds. The van der Waals surface area contributed by atoms with Crippen molar-refractivity contribution < 1.29 is 14.5 Å². The molecule has 22 heavy (non-hydrogen) atoms. The molecule has 0 atom stereocenters. The molecule has 7 nitrogen and oxygen atoms in total. The summed E-state index contributed by atoms with van der Waals surface area (Å²) in [7, 11) is 0. The highest BCUT2D eigenvalue weighted by molar-refractivity contribution is 5.94. The summed E-state index contributed by atoms with van der Waals surface area (Å²) in [5.41, 5.74) is 0.288. The Morgan fingerprint density at radius 3 is 2.32 bits per heavy atom. The number of rotatable bonds is 5. The summed E-state index contributed by atoms with van der Waals surface area (Å²) in [6, 6.07) is 5.78. The molecule has 0 heterocycles. The Balaban J connectivity index is 2.47.